The summed E-state index contributed by atoms with van der Waals surface area (Å²) in [7, 11) is 1.83. The number of rotatable bonds is 4. The van der Waals surface area contributed by atoms with Gasteiger partial charge < -0.3 is 5.32 Å². The van der Waals surface area contributed by atoms with Crippen LogP contribution in [0.25, 0.3) is 0 Å². The van der Waals surface area contributed by atoms with Crippen molar-refractivity contribution in [3.63, 3.8) is 0 Å². The molecular weight excluding hydrogens is 312 g/mol. The molecule has 0 saturated heterocycles. The molecule has 0 unspecified atom stereocenters. The van der Waals surface area contributed by atoms with Crippen molar-refractivity contribution in [3.8, 4) is 0 Å². The highest BCUT2D eigenvalue weighted by Crippen LogP contribution is 2.24. The van der Waals surface area contributed by atoms with E-state index < -0.39 is 0 Å². The standard InChI is InChI=1S/C12H13BrN4O2/c1-8-11(7-16(2)15-8)14-6-9-5-10(13)3-4-12(9)17(18)19/h3-5,7,14H,6H2,1-2H3. The van der Waals surface area contributed by atoms with Gasteiger partial charge in [0.1, 0.15) is 0 Å². The van der Waals surface area contributed by atoms with Gasteiger partial charge in [-0.3, -0.25) is 14.8 Å². The number of benzene rings is 1. The van der Waals surface area contributed by atoms with Crippen LogP contribution in [0.1, 0.15) is 11.3 Å². The molecule has 2 aromatic rings. The van der Waals surface area contributed by atoms with E-state index in [1.807, 2.05) is 20.2 Å². The number of aryl methyl sites for hydroxylation is 2. The molecule has 1 heterocycles. The molecule has 1 aromatic carbocycles. The molecule has 1 aromatic heterocycles. The molecule has 7 heteroatoms. The van der Waals surface area contributed by atoms with Crippen LogP contribution in [0.3, 0.4) is 0 Å². The van der Waals surface area contributed by atoms with Gasteiger partial charge in [0.2, 0.25) is 0 Å². The van der Waals surface area contributed by atoms with Crippen molar-refractivity contribution >= 4 is 27.3 Å². The van der Waals surface area contributed by atoms with Crippen LogP contribution in [-0.4, -0.2) is 14.7 Å². The van der Waals surface area contributed by atoms with Crippen LogP contribution in [0.5, 0.6) is 0 Å². The topological polar surface area (TPSA) is 73.0 Å². The fraction of sp³-hybridized carbons (Fsp3) is 0.250. The first-order chi connectivity index (χ1) is 8.97. The maximum Gasteiger partial charge on any atom is 0.274 e. The Balaban J connectivity index is 2.21. The Morgan fingerprint density at radius 2 is 2.26 bits per heavy atom. The minimum absolute atomic E-state index is 0.109. The van der Waals surface area contributed by atoms with E-state index in [4.69, 9.17) is 0 Å². The summed E-state index contributed by atoms with van der Waals surface area (Å²) < 4.78 is 2.52. The van der Waals surface area contributed by atoms with Crippen molar-refractivity contribution < 1.29 is 4.92 Å². The normalized spacial score (nSPS) is 10.5. The lowest BCUT2D eigenvalue weighted by Gasteiger charge is -2.06. The molecule has 0 atom stereocenters. The predicted molar refractivity (Wildman–Crippen MR) is 76.1 cm³/mol. The van der Waals surface area contributed by atoms with Crippen molar-refractivity contribution in [2.75, 3.05) is 5.32 Å². The third-order valence-corrected chi connectivity index (χ3v) is 3.21. The van der Waals surface area contributed by atoms with Crippen LogP contribution in [0.2, 0.25) is 0 Å². The lowest BCUT2D eigenvalue weighted by Crippen LogP contribution is -2.03. The summed E-state index contributed by atoms with van der Waals surface area (Å²) in [5.41, 5.74) is 2.47. The largest absolute Gasteiger partial charge is 0.378 e. The van der Waals surface area contributed by atoms with E-state index in [0.717, 1.165) is 15.9 Å². The van der Waals surface area contributed by atoms with Crippen molar-refractivity contribution in [2.24, 2.45) is 7.05 Å². The number of hydrogen-bond acceptors (Lipinski definition) is 4. The molecule has 0 amide bonds. The van der Waals surface area contributed by atoms with Gasteiger partial charge in [0.05, 0.1) is 16.3 Å². The van der Waals surface area contributed by atoms with Gasteiger partial charge >= 0.3 is 0 Å². The SMILES string of the molecule is Cc1nn(C)cc1NCc1cc(Br)ccc1[N+](=O)[O-]. The number of nitrogens with zero attached hydrogens (tertiary/aromatic N) is 3. The molecule has 0 bridgehead atoms. The zero-order chi connectivity index (χ0) is 14.0. The summed E-state index contributed by atoms with van der Waals surface area (Å²) in [6, 6.07) is 4.91. The van der Waals surface area contributed by atoms with Gasteiger partial charge in [-0.2, -0.15) is 5.10 Å². The van der Waals surface area contributed by atoms with Crippen LogP contribution < -0.4 is 5.32 Å². The fourth-order valence-electron chi connectivity index (χ4n) is 1.84. The highest BCUT2D eigenvalue weighted by atomic mass is 79.9. The van der Waals surface area contributed by atoms with Gasteiger partial charge in [-0.25, -0.2) is 0 Å². The summed E-state index contributed by atoms with van der Waals surface area (Å²) in [6.45, 7) is 2.26. The third-order valence-electron chi connectivity index (χ3n) is 2.72. The van der Waals surface area contributed by atoms with Crippen molar-refractivity contribution in [2.45, 2.75) is 13.5 Å². The van der Waals surface area contributed by atoms with Crippen LogP contribution in [0.15, 0.2) is 28.9 Å². The van der Waals surface area contributed by atoms with Crippen molar-refractivity contribution in [1.29, 1.82) is 0 Å². The molecule has 6 nitrogen and oxygen atoms in total. The zero-order valence-electron chi connectivity index (χ0n) is 10.6. The van der Waals surface area contributed by atoms with Gasteiger partial charge in [0.15, 0.2) is 0 Å². The molecule has 1 N–H and O–H groups in total. The van der Waals surface area contributed by atoms with E-state index in [1.165, 1.54) is 6.07 Å². The Morgan fingerprint density at radius 3 is 2.84 bits per heavy atom. The Labute approximate surface area is 118 Å². The van der Waals surface area contributed by atoms with E-state index in [1.54, 1.807) is 16.8 Å². The Morgan fingerprint density at radius 1 is 1.53 bits per heavy atom. The zero-order valence-corrected chi connectivity index (χ0v) is 12.1. The number of aromatic nitrogens is 2. The first-order valence-electron chi connectivity index (χ1n) is 5.64. The maximum absolute atomic E-state index is 11.0. The minimum atomic E-state index is -0.375. The summed E-state index contributed by atoms with van der Waals surface area (Å²) in [6.07, 6.45) is 1.85. The number of halogens is 1. The lowest BCUT2D eigenvalue weighted by molar-refractivity contribution is -0.385. The molecule has 0 fully saturated rings. The van der Waals surface area contributed by atoms with Gasteiger partial charge in [-0.1, -0.05) is 15.9 Å². The second-order valence-electron chi connectivity index (χ2n) is 4.19. The fourth-order valence-corrected chi connectivity index (χ4v) is 2.25. The molecule has 100 valence electrons. The third kappa shape index (κ3) is 3.11. The molecular formula is C12H13BrN4O2. The summed E-state index contributed by atoms with van der Waals surface area (Å²) in [5, 5.41) is 18.3. The van der Waals surface area contributed by atoms with E-state index in [2.05, 4.69) is 26.3 Å². The first kappa shape index (κ1) is 13.5. The number of nitro groups is 1. The molecule has 0 saturated carbocycles. The number of anilines is 1. The molecule has 0 radical (unpaired) electrons. The summed E-state index contributed by atoms with van der Waals surface area (Å²) in [5.74, 6) is 0. The molecule has 0 aliphatic rings. The first-order valence-corrected chi connectivity index (χ1v) is 6.43. The highest BCUT2D eigenvalue weighted by Gasteiger charge is 2.14. The maximum atomic E-state index is 11.0. The van der Waals surface area contributed by atoms with Gasteiger partial charge in [0, 0.05) is 35.9 Å². The van der Waals surface area contributed by atoms with E-state index >= 15 is 0 Å². The average Bonchev–Trinajstić information content (AvgIpc) is 2.65. The highest BCUT2D eigenvalue weighted by molar-refractivity contribution is 9.10. The monoisotopic (exact) mass is 324 g/mol. The molecule has 19 heavy (non-hydrogen) atoms. The van der Waals surface area contributed by atoms with Crippen LogP contribution >= 0.6 is 15.9 Å². The average molecular weight is 325 g/mol. The molecule has 0 aliphatic carbocycles. The van der Waals surface area contributed by atoms with Gasteiger partial charge in [-0.05, 0) is 19.1 Å². The van der Waals surface area contributed by atoms with Crippen molar-refractivity contribution in [3.05, 3.63) is 50.2 Å². The van der Waals surface area contributed by atoms with Crippen molar-refractivity contribution in [1.82, 2.24) is 9.78 Å². The lowest BCUT2D eigenvalue weighted by atomic mass is 10.2. The second-order valence-corrected chi connectivity index (χ2v) is 5.10. The van der Waals surface area contributed by atoms with Gasteiger partial charge in [0.25, 0.3) is 5.69 Å². The summed E-state index contributed by atoms with van der Waals surface area (Å²) in [4.78, 5) is 10.6. The minimum Gasteiger partial charge on any atom is -0.378 e. The molecule has 0 spiro atoms. The van der Waals surface area contributed by atoms with Gasteiger partial charge in [-0.15, -0.1) is 0 Å². The van der Waals surface area contributed by atoms with Crippen LogP contribution in [-0.2, 0) is 13.6 Å². The molecule has 0 aliphatic heterocycles. The van der Waals surface area contributed by atoms with Crippen LogP contribution in [0.4, 0.5) is 11.4 Å². The van der Waals surface area contributed by atoms with E-state index in [0.29, 0.717) is 12.1 Å². The predicted octanol–water partition coefficient (Wildman–Crippen LogP) is 3.01. The van der Waals surface area contributed by atoms with Crippen LogP contribution in [0, 0.1) is 17.0 Å². The van der Waals surface area contributed by atoms with E-state index in [-0.39, 0.29) is 10.6 Å². The van der Waals surface area contributed by atoms with E-state index in [9.17, 15) is 10.1 Å². The Bertz CT molecular complexity index is 624. The Hall–Kier alpha value is -1.89. The molecule has 2 rings (SSSR count). The number of hydrogen-bond donors (Lipinski definition) is 1. The second kappa shape index (κ2) is 5.40. The number of nitro benzene ring substituents is 1. The Kier molecular flexibility index (Phi) is 3.84. The number of nitrogens with one attached hydrogen (secondary N) is 1. The smallest absolute Gasteiger partial charge is 0.274 e. The quantitative estimate of drug-likeness (QED) is 0.693. The summed E-state index contributed by atoms with van der Waals surface area (Å²) >= 11 is 3.32.